The Morgan fingerprint density at radius 1 is 0.810 bits per heavy atom. The SMILES string of the molecule is CC.CCCCCc1ccc(C(=O)c2ccccc2)cc1. The molecule has 0 atom stereocenters. The number of carbonyl (C=O) groups excluding carboxylic acids is 1. The number of unbranched alkanes of at least 4 members (excludes halogenated alkanes) is 2. The fourth-order valence-corrected chi connectivity index (χ4v) is 2.16. The van der Waals surface area contributed by atoms with Crippen LogP contribution in [0.4, 0.5) is 0 Å². The number of aryl methyl sites for hydroxylation is 1. The monoisotopic (exact) mass is 282 g/mol. The van der Waals surface area contributed by atoms with E-state index in [0.717, 1.165) is 17.5 Å². The average molecular weight is 282 g/mol. The van der Waals surface area contributed by atoms with E-state index in [4.69, 9.17) is 0 Å². The molecule has 0 fully saturated rings. The van der Waals surface area contributed by atoms with Crippen molar-refractivity contribution in [3.8, 4) is 0 Å². The highest BCUT2D eigenvalue weighted by molar-refractivity contribution is 6.08. The molecule has 21 heavy (non-hydrogen) atoms. The Kier molecular flexibility index (Phi) is 8.11. The van der Waals surface area contributed by atoms with Crippen molar-refractivity contribution in [2.24, 2.45) is 0 Å². The predicted octanol–water partition coefficient (Wildman–Crippen LogP) is 5.68. The molecule has 0 saturated carbocycles. The largest absolute Gasteiger partial charge is 0.289 e. The molecule has 0 spiro atoms. The lowest BCUT2D eigenvalue weighted by Crippen LogP contribution is -2.00. The van der Waals surface area contributed by atoms with Crippen molar-refractivity contribution in [1.82, 2.24) is 0 Å². The van der Waals surface area contributed by atoms with E-state index in [-0.39, 0.29) is 5.78 Å². The van der Waals surface area contributed by atoms with Crippen LogP contribution in [0.2, 0.25) is 0 Å². The van der Waals surface area contributed by atoms with Gasteiger partial charge in [-0.1, -0.05) is 88.2 Å². The Balaban J connectivity index is 0.00000106. The van der Waals surface area contributed by atoms with Crippen LogP contribution in [-0.2, 0) is 6.42 Å². The van der Waals surface area contributed by atoms with Crippen LogP contribution in [0.25, 0.3) is 0 Å². The van der Waals surface area contributed by atoms with E-state index in [0.29, 0.717) is 0 Å². The number of rotatable bonds is 6. The summed E-state index contributed by atoms with van der Waals surface area (Å²) in [7, 11) is 0. The number of carbonyl (C=O) groups is 1. The fourth-order valence-electron chi connectivity index (χ4n) is 2.16. The first-order valence-electron chi connectivity index (χ1n) is 8.00. The van der Waals surface area contributed by atoms with Crippen LogP contribution in [0, 0.1) is 0 Å². The summed E-state index contributed by atoms with van der Waals surface area (Å²) in [6.07, 6.45) is 4.84. The van der Waals surface area contributed by atoms with Crippen molar-refractivity contribution in [3.63, 3.8) is 0 Å². The molecule has 0 heterocycles. The van der Waals surface area contributed by atoms with Crippen LogP contribution in [0.15, 0.2) is 54.6 Å². The van der Waals surface area contributed by atoms with Gasteiger partial charge in [0.1, 0.15) is 0 Å². The predicted molar refractivity (Wildman–Crippen MR) is 90.9 cm³/mol. The van der Waals surface area contributed by atoms with Crippen molar-refractivity contribution >= 4 is 5.78 Å². The van der Waals surface area contributed by atoms with Crippen LogP contribution in [-0.4, -0.2) is 5.78 Å². The first kappa shape index (κ1) is 17.2. The van der Waals surface area contributed by atoms with Gasteiger partial charge in [-0.15, -0.1) is 0 Å². The minimum Gasteiger partial charge on any atom is -0.289 e. The Labute approximate surface area is 129 Å². The summed E-state index contributed by atoms with van der Waals surface area (Å²) >= 11 is 0. The van der Waals surface area contributed by atoms with Gasteiger partial charge in [-0.25, -0.2) is 0 Å². The third kappa shape index (κ3) is 5.55. The van der Waals surface area contributed by atoms with Crippen molar-refractivity contribution in [1.29, 1.82) is 0 Å². The lowest BCUT2D eigenvalue weighted by atomic mass is 10.0. The summed E-state index contributed by atoms with van der Waals surface area (Å²) in [4.78, 5) is 12.2. The van der Waals surface area contributed by atoms with E-state index in [1.54, 1.807) is 0 Å². The summed E-state index contributed by atoms with van der Waals surface area (Å²) in [5.41, 5.74) is 2.84. The fraction of sp³-hybridized carbons (Fsp3) is 0.350. The minimum absolute atomic E-state index is 0.0979. The molecule has 0 bridgehead atoms. The second-order valence-corrected chi connectivity index (χ2v) is 4.85. The lowest BCUT2D eigenvalue weighted by Gasteiger charge is -2.04. The Morgan fingerprint density at radius 2 is 1.38 bits per heavy atom. The zero-order valence-corrected chi connectivity index (χ0v) is 13.4. The summed E-state index contributed by atoms with van der Waals surface area (Å²) in [5, 5.41) is 0. The van der Waals surface area contributed by atoms with E-state index in [1.807, 2.05) is 56.3 Å². The standard InChI is InChI=1S/C18H20O.C2H6/c1-2-3-5-8-15-11-13-17(14-12-15)18(19)16-9-6-4-7-10-16;1-2/h4,6-7,9-14H,2-3,5,8H2,1H3;1-2H3. The molecule has 1 nitrogen and oxygen atoms in total. The Hall–Kier alpha value is -1.89. The van der Waals surface area contributed by atoms with Gasteiger partial charge >= 0.3 is 0 Å². The first-order chi connectivity index (χ1) is 10.3. The van der Waals surface area contributed by atoms with Gasteiger partial charge in [-0.05, 0) is 18.4 Å². The van der Waals surface area contributed by atoms with Crippen molar-refractivity contribution < 1.29 is 4.79 Å². The molecule has 0 N–H and O–H groups in total. The van der Waals surface area contributed by atoms with E-state index < -0.39 is 0 Å². The van der Waals surface area contributed by atoms with Crippen LogP contribution in [0.5, 0.6) is 0 Å². The maximum absolute atomic E-state index is 12.2. The molecule has 0 unspecified atom stereocenters. The van der Waals surface area contributed by atoms with E-state index in [1.165, 1.54) is 24.8 Å². The summed E-state index contributed by atoms with van der Waals surface area (Å²) in [5.74, 6) is 0.0979. The van der Waals surface area contributed by atoms with Crippen molar-refractivity contribution in [2.45, 2.75) is 46.5 Å². The molecule has 112 valence electrons. The number of benzene rings is 2. The Morgan fingerprint density at radius 3 is 1.95 bits per heavy atom. The molecular formula is C20H26O. The number of hydrogen-bond donors (Lipinski definition) is 0. The smallest absolute Gasteiger partial charge is 0.193 e. The molecule has 0 amide bonds. The molecule has 2 aromatic carbocycles. The van der Waals surface area contributed by atoms with E-state index in [2.05, 4.69) is 19.1 Å². The minimum atomic E-state index is 0.0979. The van der Waals surface area contributed by atoms with Gasteiger partial charge in [0.05, 0.1) is 0 Å². The maximum atomic E-state index is 12.2. The molecule has 2 aromatic rings. The Bertz CT molecular complexity index is 511. The number of ketones is 1. The average Bonchev–Trinajstić information content (AvgIpc) is 2.58. The highest BCUT2D eigenvalue weighted by Crippen LogP contribution is 2.12. The van der Waals surface area contributed by atoms with E-state index >= 15 is 0 Å². The molecule has 2 rings (SSSR count). The molecule has 0 aliphatic carbocycles. The molecule has 0 aliphatic rings. The molecule has 0 saturated heterocycles. The van der Waals surface area contributed by atoms with Crippen LogP contribution in [0.3, 0.4) is 0 Å². The van der Waals surface area contributed by atoms with Gasteiger partial charge in [0.15, 0.2) is 5.78 Å². The quantitative estimate of drug-likeness (QED) is 0.492. The van der Waals surface area contributed by atoms with Gasteiger partial charge in [0.2, 0.25) is 0 Å². The normalized spacial score (nSPS) is 9.67. The number of hydrogen-bond acceptors (Lipinski definition) is 1. The molecule has 1 heteroatoms. The topological polar surface area (TPSA) is 17.1 Å². The summed E-state index contributed by atoms with van der Waals surface area (Å²) in [6, 6.07) is 17.5. The zero-order valence-electron chi connectivity index (χ0n) is 13.4. The van der Waals surface area contributed by atoms with Gasteiger partial charge < -0.3 is 0 Å². The van der Waals surface area contributed by atoms with Crippen LogP contribution >= 0.6 is 0 Å². The van der Waals surface area contributed by atoms with Crippen LogP contribution in [0.1, 0.15) is 61.5 Å². The second-order valence-electron chi connectivity index (χ2n) is 4.85. The highest BCUT2D eigenvalue weighted by Gasteiger charge is 2.07. The second kappa shape index (κ2) is 9.93. The third-order valence-corrected chi connectivity index (χ3v) is 3.32. The van der Waals surface area contributed by atoms with Gasteiger partial charge in [-0.2, -0.15) is 0 Å². The third-order valence-electron chi connectivity index (χ3n) is 3.32. The molecular weight excluding hydrogens is 256 g/mol. The summed E-state index contributed by atoms with van der Waals surface area (Å²) < 4.78 is 0. The van der Waals surface area contributed by atoms with Crippen molar-refractivity contribution in [3.05, 3.63) is 71.3 Å². The first-order valence-corrected chi connectivity index (χ1v) is 8.00. The highest BCUT2D eigenvalue weighted by atomic mass is 16.1. The zero-order chi connectivity index (χ0) is 15.5. The van der Waals surface area contributed by atoms with Gasteiger partial charge in [0.25, 0.3) is 0 Å². The molecule has 0 aromatic heterocycles. The van der Waals surface area contributed by atoms with Gasteiger partial charge in [0, 0.05) is 11.1 Å². The molecule has 0 aliphatic heterocycles. The van der Waals surface area contributed by atoms with E-state index in [9.17, 15) is 4.79 Å². The lowest BCUT2D eigenvalue weighted by molar-refractivity contribution is 0.103. The van der Waals surface area contributed by atoms with Crippen molar-refractivity contribution in [2.75, 3.05) is 0 Å². The molecule has 0 radical (unpaired) electrons. The van der Waals surface area contributed by atoms with Gasteiger partial charge in [-0.3, -0.25) is 4.79 Å². The maximum Gasteiger partial charge on any atom is 0.193 e. The summed E-state index contributed by atoms with van der Waals surface area (Å²) in [6.45, 7) is 6.21. The van der Waals surface area contributed by atoms with Crippen LogP contribution < -0.4 is 0 Å².